The Morgan fingerprint density at radius 1 is 1.42 bits per heavy atom. The molecule has 0 fully saturated rings. The highest BCUT2D eigenvalue weighted by Crippen LogP contribution is 2.43. The van der Waals surface area contributed by atoms with Gasteiger partial charge in [-0.05, 0) is 38.8 Å². The van der Waals surface area contributed by atoms with E-state index in [4.69, 9.17) is 4.74 Å². The van der Waals surface area contributed by atoms with Crippen LogP contribution < -0.4 is 10.2 Å². The lowest BCUT2D eigenvalue weighted by Gasteiger charge is -2.29. The van der Waals surface area contributed by atoms with E-state index in [0.29, 0.717) is 5.92 Å². The molecule has 24 heavy (non-hydrogen) atoms. The zero-order chi connectivity index (χ0) is 17.3. The zero-order valence-electron chi connectivity index (χ0n) is 15.3. The molecular weight excluding hydrogens is 302 g/mol. The second kappa shape index (κ2) is 6.54. The number of carbonyl (C=O) groups is 1. The molecule has 0 aliphatic carbocycles. The first kappa shape index (κ1) is 16.9. The molecule has 132 valence electrons. The van der Waals surface area contributed by atoms with Gasteiger partial charge >= 0.3 is 6.09 Å². The van der Waals surface area contributed by atoms with Gasteiger partial charge in [-0.15, -0.1) is 0 Å². The monoisotopic (exact) mass is 331 g/mol. The fourth-order valence-electron chi connectivity index (χ4n) is 3.65. The highest BCUT2D eigenvalue weighted by Gasteiger charge is 2.34. The third kappa shape index (κ3) is 3.45. The fourth-order valence-corrected chi connectivity index (χ4v) is 3.65. The van der Waals surface area contributed by atoms with Crippen molar-refractivity contribution in [2.24, 2.45) is 0 Å². The van der Waals surface area contributed by atoms with Crippen molar-refractivity contribution < 1.29 is 9.53 Å². The molecule has 0 radical (unpaired) electrons. The molecule has 2 heterocycles. The fraction of sp³-hybridized carbons (Fsp3) is 0.632. The Bertz CT molecular complexity index is 609. The topological polar surface area (TPSA) is 44.8 Å². The quantitative estimate of drug-likeness (QED) is 0.914. The molecule has 0 spiro atoms. The Hall–Kier alpha value is -1.91. The van der Waals surface area contributed by atoms with Gasteiger partial charge in [-0.2, -0.15) is 0 Å². The van der Waals surface area contributed by atoms with Crippen LogP contribution in [-0.2, 0) is 4.74 Å². The molecule has 2 aliphatic rings. The summed E-state index contributed by atoms with van der Waals surface area (Å²) >= 11 is 0. The summed E-state index contributed by atoms with van der Waals surface area (Å²) in [6.07, 6.45) is 0.734. The van der Waals surface area contributed by atoms with Crippen LogP contribution in [0.1, 0.15) is 45.6 Å². The predicted molar refractivity (Wildman–Crippen MR) is 98.0 cm³/mol. The number of hydrogen-bond acceptors (Lipinski definition) is 4. The van der Waals surface area contributed by atoms with Gasteiger partial charge in [-0.3, -0.25) is 0 Å². The molecule has 0 bridgehead atoms. The highest BCUT2D eigenvalue weighted by atomic mass is 16.6. The Kier molecular flexibility index (Phi) is 4.61. The Morgan fingerprint density at radius 3 is 2.92 bits per heavy atom. The number of rotatable bonds is 4. The van der Waals surface area contributed by atoms with Crippen molar-refractivity contribution in [1.29, 1.82) is 0 Å². The molecule has 1 aromatic carbocycles. The molecule has 5 nitrogen and oxygen atoms in total. The number of amides is 1. The minimum Gasteiger partial charge on any atom is -0.444 e. The number of nitrogens with zero attached hydrogens (tertiary/aromatic N) is 2. The summed E-state index contributed by atoms with van der Waals surface area (Å²) in [4.78, 5) is 16.9. The number of carbonyl (C=O) groups excluding carboxylic acids is 1. The van der Waals surface area contributed by atoms with Gasteiger partial charge in [-0.1, -0.05) is 19.1 Å². The van der Waals surface area contributed by atoms with Crippen molar-refractivity contribution in [3.63, 3.8) is 0 Å². The Labute approximate surface area is 145 Å². The van der Waals surface area contributed by atoms with Gasteiger partial charge in [-0.25, -0.2) is 4.79 Å². The van der Waals surface area contributed by atoms with Crippen LogP contribution in [0.4, 0.5) is 16.2 Å². The summed E-state index contributed by atoms with van der Waals surface area (Å²) in [5.41, 5.74) is 3.45. The minimum atomic E-state index is -0.456. The van der Waals surface area contributed by atoms with Crippen molar-refractivity contribution in [3.8, 4) is 0 Å². The maximum Gasteiger partial charge on any atom is 0.410 e. The maximum absolute atomic E-state index is 12.6. The molecule has 1 N–H and O–H groups in total. The summed E-state index contributed by atoms with van der Waals surface area (Å²) in [5, 5.41) is 3.48. The predicted octanol–water partition coefficient (Wildman–Crippen LogP) is 3.66. The van der Waals surface area contributed by atoms with Gasteiger partial charge in [0.25, 0.3) is 0 Å². The molecule has 2 aliphatic heterocycles. The Balaban J connectivity index is 1.77. The van der Waals surface area contributed by atoms with Crippen LogP contribution >= 0.6 is 0 Å². The number of nitrogens with one attached hydrogen (secondary N) is 1. The average Bonchev–Trinajstić information content (AvgIpc) is 2.86. The zero-order valence-corrected chi connectivity index (χ0v) is 15.3. The van der Waals surface area contributed by atoms with Gasteiger partial charge in [0.2, 0.25) is 0 Å². The van der Waals surface area contributed by atoms with Crippen LogP contribution in [0.3, 0.4) is 0 Å². The van der Waals surface area contributed by atoms with Gasteiger partial charge in [0, 0.05) is 38.6 Å². The van der Waals surface area contributed by atoms with E-state index in [-0.39, 0.29) is 6.09 Å². The molecule has 0 unspecified atom stereocenters. The lowest BCUT2D eigenvalue weighted by molar-refractivity contribution is 0.0240. The highest BCUT2D eigenvalue weighted by molar-refractivity contribution is 5.79. The van der Waals surface area contributed by atoms with E-state index in [2.05, 4.69) is 35.3 Å². The third-order valence-electron chi connectivity index (χ3n) is 4.55. The number of para-hydroxylation sites is 1. The SMILES string of the molecule is CCCN(C[C@@H]1CN2CCNc3cccc1c32)C(=O)OC(C)(C)C. The van der Waals surface area contributed by atoms with Crippen molar-refractivity contribution in [3.05, 3.63) is 23.8 Å². The van der Waals surface area contributed by atoms with Crippen molar-refractivity contribution in [2.75, 3.05) is 42.9 Å². The molecule has 0 saturated carbocycles. The van der Waals surface area contributed by atoms with Crippen LogP contribution in [0, 0.1) is 0 Å². The van der Waals surface area contributed by atoms with Crippen LogP contribution in [0.2, 0.25) is 0 Å². The molecule has 3 rings (SSSR count). The maximum atomic E-state index is 12.6. The Morgan fingerprint density at radius 2 is 2.21 bits per heavy atom. The molecule has 1 amide bonds. The first-order chi connectivity index (χ1) is 11.4. The van der Waals surface area contributed by atoms with Gasteiger partial charge < -0.3 is 19.9 Å². The van der Waals surface area contributed by atoms with E-state index < -0.39 is 5.60 Å². The summed E-state index contributed by atoms with van der Waals surface area (Å²) in [5.74, 6) is 0.346. The summed E-state index contributed by atoms with van der Waals surface area (Å²) in [6.45, 7) is 12.3. The van der Waals surface area contributed by atoms with Crippen LogP contribution in [0.25, 0.3) is 0 Å². The second-order valence-electron chi connectivity index (χ2n) is 7.74. The van der Waals surface area contributed by atoms with E-state index in [0.717, 1.165) is 39.1 Å². The molecular formula is C19H29N3O2. The van der Waals surface area contributed by atoms with E-state index in [1.165, 1.54) is 16.9 Å². The van der Waals surface area contributed by atoms with Crippen LogP contribution in [-0.4, -0.2) is 49.3 Å². The van der Waals surface area contributed by atoms with Crippen LogP contribution in [0.15, 0.2) is 18.2 Å². The number of ether oxygens (including phenoxy) is 1. The summed E-state index contributed by atoms with van der Waals surface area (Å²) in [7, 11) is 0. The van der Waals surface area contributed by atoms with Crippen molar-refractivity contribution in [1.82, 2.24) is 4.90 Å². The van der Waals surface area contributed by atoms with E-state index in [1.807, 2.05) is 25.7 Å². The van der Waals surface area contributed by atoms with Gasteiger partial charge in [0.15, 0.2) is 0 Å². The lowest BCUT2D eigenvalue weighted by atomic mass is 10.00. The molecule has 0 aromatic heterocycles. The third-order valence-corrected chi connectivity index (χ3v) is 4.55. The lowest BCUT2D eigenvalue weighted by Crippen LogP contribution is -2.40. The van der Waals surface area contributed by atoms with E-state index >= 15 is 0 Å². The number of anilines is 2. The minimum absolute atomic E-state index is 0.200. The smallest absolute Gasteiger partial charge is 0.410 e. The number of benzene rings is 1. The van der Waals surface area contributed by atoms with Crippen LogP contribution in [0.5, 0.6) is 0 Å². The van der Waals surface area contributed by atoms with Gasteiger partial charge in [0.05, 0.1) is 11.4 Å². The van der Waals surface area contributed by atoms with E-state index in [1.54, 1.807) is 0 Å². The number of hydrogen-bond donors (Lipinski definition) is 1. The normalized spacial score (nSPS) is 18.8. The molecule has 1 aromatic rings. The van der Waals surface area contributed by atoms with E-state index in [9.17, 15) is 4.79 Å². The standard InChI is InChI=1S/C19H29N3O2/c1-5-10-22(18(23)24-19(2,3)4)13-14-12-21-11-9-20-16-8-6-7-15(14)17(16)21/h6-8,14,20H,5,9-13H2,1-4H3/t14-/m0/s1. The molecule has 5 heteroatoms. The average molecular weight is 331 g/mol. The molecule has 1 atom stereocenters. The first-order valence-corrected chi connectivity index (χ1v) is 8.98. The largest absolute Gasteiger partial charge is 0.444 e. The summed E-state index contributed by atoms with van der Waals surface area (Å²) < 4.78 is 5.60. The first-order valence-electron chi connectivity index (χ1n) is 8.98. The van der Waals surface area contributed by atoms with Gasteiger partial charge in [0.1, 0.15) is 5.60 Å². The summed E-state index contributed by atoms with van der Waals surface area (Å²) in [6, 6.07) is 6.46. The molecule has 0 saturated heterocycles. The van der Waals surface area contributed by atoms with Crippen molar-refractivity contribution >= 4 is 17.5 Å². The van der Waals surface area contributed by atoms with Crippen molar-refractivity contribution in [2.45, 2.75) is 45.6 Å². The second-order valence-corrected chi connectivity index (χ2v) is 7.74.